The summed E-state index contributed by atoms with van der Waals surface area (Å²) < 4.78 is 5.64. The molecule has 2 aromatic rings. The highest BCUT2D eigenvalue weighted by atomic mass is 35.5. The molecule has 0 atom stereocenters. The molecule has 0 aromatic carbocycles. The first-order valence-electron chi connectivity index (χ1n) is 4.75. The number of hydrogen-bond donors (Lipinski definition) is 0. The molecule has 0 spiro atoms. The van der Waals surface area contributed by atoms with Crippen LogP contribution in [0, 0.1) is 0 Å². The van der Waals surface area contributed by atoms with E-state index in [0.717, 1.165) is 11.1 Å². The quantitative estimate of drug-likeness (QED) is 0.733. The molecule has 0 bridgehead atoms. The molecule has 0 amide bonds. The van der Waals surface area contributed by atoms with Crippen LogP contribution in [0.2, 0.25) is 5.15 Å². The third kappa shape index (κ3) is 2.18. The van der Waals surface area contributed by atoms with Crippen LogP contribution in [-0.2, 0) is 0 Å². The van der Waals surface area contributed by atoms with Gasteiger partial charge < -0.3 is 4.74 Å². The number of rotatable bonds is 2. The summed E-state index contributed by atoms with van der Waals surface area (Å²) in [4.78, 5) is 8.25. The summed E-state index contributed by atoms with van der Waals surface area (Å²) in [5.41, 5.74) is 0.612. The highest BCUT2D eigenvalue weighted by Gasteiger charge is 2.07. The normalized spacial score (nSPS) is 10.9. The van der Waals surface area contributed by atoms with Crippen molar-refractivity contribution in [1.82, 2.24) is 9.97 Å². The van der Waals surface area contributed by atoms with Crippen molar-refractivity contribution in [3.63, 3.8) is 0 Å². The van der Waals surface area contributed by atoms with Gasteiger partial charge in [0.15, 0.2) is 5.65 Å². The first kappa shape index (κ1) is 10.2. The van der Waals surface area contributed by atoms with Crippen molar-refractivity contribution >= 4 is 22.6 Å². The van der Waals surface area contributed by atoms with Gasteiger partial charge in [-0.05, 0) is 26.0 Å². The summed E-state index contributed by atoms with van der Waals surface area (Å²) in [6.07, 6.45) is 1.79. The van der Waals surface area contributed by atoms with E-state index in [1.54, 1.807) is 12.3 Å². The predicted octanol–water partition coefficient (Wildman–Crippen LogP) is 3.07. The van der Waals surface area contributed by atoms with Gasteiger partial charge in [-0.3, -0.25) is 0 Å². The number of pyridine rings is 2. The third-order valence-electron chi connectivity index (χ3n) is 1.88. The Kier molecular flexibility index (Phi) is 2.73. The van der Waals surface area contributed by atoms with E-state index >= 15 is 0 Å². The Morgan fingerprint density at radius 1 is 1.40 bits per heavy atom. The summed E-state index contributed by atoms with van der Waals surface area (Å²) in [5.74, 6) is 0.730. The predicted molar refractivity (Wildman–Crippen MR) is 60.3 cm³/mol. The van der Waals surface area contributed by atoms with E-state index in [0.29, 0.717) is 10.8 Å². The third-order valence-corrected chi connectivity index (χ3v) is 2.07. The van der Waals surface area contributed by atoms with E-state index < -0.39 is 0 Å². The maximum absolute atomic E-state index is 5.88. The van der Waals surface area contributed by atoms with Gasteiger partial charge in [-0.15, -0.1) is 0 Å². The molecule has 78 valence electrons. The minimum Gasteiger partial charge on any atom is -0.490 e. The monoisotopic (exact) mass is 222 g/mol. The fraction of sp³-hybridized carbons (Fsp3) is 0.273. The van der Waals surface area contributed by atoms with Crippen molar-refractivity contribution in [2.75, 3.05) is 0 Å². The van der Waals surface area contributed by atoms with Gasteiger partial charge in [0.05, 0.1) is 11.5 Å². The second-order valence-electron chi connectivity index (χ2n) is 3.48. The van der Waals surface area contributed by atoms with E-state index in [1.165, 1.54) is 0 Å². The largest absolute Gasteiger partial charge is 0.490 e. The Morgan fingerprint density at radius 2 is 2.20 bits per heavy atom. The zero-order chi connectivity index (χ0) is 10.8. The molecule has 15 heavy (non-hydrogen) atoms. The van der Waals surface area contributed by atoms with Crippen LogP contribution in [0.15, 0.2) is 24.4 Å². The standard InChI is InChI=1S/C11H11ClN2O/c1-7(2)15-9-6-10(12)14-11-8(9)4-3-5-13-11/h3-7H,1-2H3. The smallest absolute Gasteiger partial charge is 0.164 e. The van der Waals surface area contributed by atoms with Crippen molar-refractivity contribution in [3.8, 4) is 5.75 Å². The van der Waals surface area contributed by atoms with Gasteiger partial charge in [-0.2, -0.15) is 0 Å². The Hall–Kier alpha value is -1.35. The molecule has 0 saturated carbocycles. The Morgan fingerprint density at radius 3 is 2.93 bits per heavy atom. The molecule has 0 unspecified atom stereocenters. The lowest BCUT2D eigenvalue weighted by atomic mass is 10.2. The van der Waals surface area contributed by atoms with Gasteiger partial charge in [0, 0.05) is 12.3 Å². The van der Waals surface area contributed by atoms with Gasteiger partial charge >= 0.3 is 0 Å². The molecule has 4 heteroatoms. The number of nitrogens with zero attached hydrogens (tertiary/aromatic N) is 2. The zero-order valence-electron chi connectivity index (χ0n) is 8.57. The Bertz CT molecular complexity index is 485. The maximum Gasteiger partial charge on any atom is 0.164 e. The summed E-state index contributed by atoms with van der Waals surface area (Å²) in [7, 11) is 0. The van der Waals surface area contributed by atoms with Gasteiger partial charge in [0.2, 0.25) is 0 Å². The Labute approximate surface area is 93.1 Å². The van der Waals surface area contributed by atoms with E-state index in [4.69, 9.17) is 16.3 Å². The molecular weight excluding hydrogens is 212 g/mol. The van der Waals surface area contributed by atoms with Crippen molar-refractivity contribution in [2.24, 2.45) is 0 Å². The van der Waals surface area contributed by atoms with Crippen LogP contribution in [0.25, 0.3) is 11.0 Å². The summed E-state index contributed by atoms with van der Waals surface area (Å²) in [6, 6.07) is 5.49. The Balaban J connectivity index is 2.60. The topological polar surface area (TPSA) is 35.0 Å². The number of hydrogen-bond acceptors (Lipinski definition) is 3. The lowest BCUT2D eigenvalue weighted by Crippen LogP contribution is -2.06. The maximum atomic E-state index is 5.88. The summed E-state index contributed by atoms with van der Waals surface area (Å²) >= 11 is 5.88. The van der Waals surface area contributed by atoms with E-state index in [-0.39, 0.29) is 6.10 Å². The molecular formula is C11H11ClN2O. The SMILES string of the molecule is CC(C)Oc1cc(Cl)nc2ncccc12. The van der Waals surface area contributed by atoms with Crippen LogP contribution in [0.4, 0.5) is 0 Å². The van der Waals surface area contributed by atoms with Crippen LogP contribution < -0.4 is 4.74 Å². The first-order chi connectivity index (χ1) is 7.16. The van der Waals surface area contributed by atoms with Crippen molar-refractivity contribution in [1.29, 1.82) is 0 Å². The fourth-order valence-electron chi connectivity index (χ4n) is 1.35. The molecule has 0 fully saturated rings. The van der Waals surface area contributed by atoms with Crippen LogP contribution >= 0.6 is 11.6 Å². The molecule has 2 heterocycles. The van der Waals surface area contributed by atoms with Crippen LogP contribution in [0.1, 0.15) is 13.8 Å². The molecule has 2 rings (SSSR count). The number of fused-ring (bicyclic) bond motifs is 1. The van der Waals surface area contributed by atoms with Crippen LogP contribution in [0.5, 0.6) is 5.75 Å². The second kappa shape index (κ2) is 4.03. The van der Waals surface area contributed by atoms with Gasteiger partial charge in [0.1, 0.15) is 10.9 Å². The average molecular weight is 223 g/mol. The molecule has 2 aromatic heterocycles. The highest BCUT2D eigenvalue weighted by Crippen LogP contribution is 2.26. The second-order valence-corrected chi connectivity index (χ2v) is 3.87. The minimum atomic E-state index is 0.104. The number of aromatic nitrogens is 2. The first-order valence-corrected chi connectivity index (χ1v) is 5.12. The minimum absolute atomic E-state index is 0.104. The highest BCUT2D eigenvalue weighted by molar-refractivity contribution is 6.30. The summed E-state index contributed by atoms with van der Waals surface area (Å²) in [6.45, 7) is 3.94. The van der Waals surface area contributed by atoms with E-state index in [1.807, 2.05) is 26.0 Å². The molecule has 0 aliphatic rings. The van der Waals surface area contributed by atoms with Gasteiger partial charge in [-0.25, -0.2) is 9.97 Å². The lowest BCUT2D eigenvalue weighted by molar-refractivity contribution is 0.245. The van der Waals surface area contributed by atoms with Crippen LogP contribution in [0.3, 0.4) is 0 Å². The molecule has 0 aliphatic carbocycles. The van der Waals surface area contributed by atoms with E-state index in [2.05, 4.69) is 9.97 Å². The van der Waals surface area contributed by atoms with Crippen molar-refractivity contribution < 1.29 is 4.74 Å². The fourth-order valence-corrected chi connectivity index (χ4v) is 1.53. The van der Waals surface area contributed by atoms with Gasteiger partial charge in [0.25, 0.3) is 0 Å². The number of halogens is 1. The van der Waals surface area contributed by atoms with Gasteiger partial charge in [-0.1, -0.05) is 11.6 Å². The molecule has 3 nitrogen and oxygen atoms in total. The molecule has 0 aliphatic heterocycles. The van der Waals surface area contributed by atoms with Crippen molar-refractivity contribution in [3.05, 3.63) is 29.5 Å². The number of ether oxygens (including phenoxy) is 1. The zero-order valence-corrected chi connectivity index (χ0v) is 9.32. The summed E-state index contributed by atoms with van der Waals surface area (Å²) in [5, 5.41) is 1.28. The molecule has 0 saturated heterocycles. The molecule has 0 radical (unpaired) electrons. The molecule has 0 N–H and O–H groups in total. The van der Waals surface area contributed by atoms with Crippen LogP contribution in [-0.4, -0.2) is 16.1 Å². The lowest BCUT2D eigenvalue weighted by Gasteiger charge is -2.11. The van der Waals surface area contributed by atoms with Crippen molar-refractivity contribution in [2.45, 2.75) is 20.0 Å². The average Bonchev–Trinajstić information content (AvgIpc) is 2.16. The van der Waals surface area contributed by atoms with E-state index in [9.17, 15) is 0 Å².